The number of carbonyl (C=O) groups excluding carboxylic acids is 4. The van der Waals surface area contributed by atoms with Crippen LogP contribution in [-0.2, 0) is 49.3 Å². The minimum atomic E-state index is -1.26. The summed E-state index contributed by atoms with van der Waals surface area (Å²) in [6.07, 6.45) is -3.62. The van der Waals surface area contributed by atoms with E-state index >= 15 is 0 Å². The SMILES string of the molecule is CC(=O)OCC1OC(n2cc(CC(C)(C)C)nn2)C(OC(C)=O)C(OC(C)=O)C1OC(C)=O. The van der Waals surface area contributed by atoms with Crippen molar-refractivity contribution in [2.45, 2.75) is 85.5 Å². The number of carbonyl (C=O) groups is 4. The summed E-state index contributed by atoms with van der Waals surface area (Å²) in [5.74, 6) is -2.66. The molecule has 1 aliphatic rings. The molecule has 2 heterocycles. The molecule has 1 aliphatic heterocycles. The van der Waals surface area contributed by atoms with E-state index in [1.165, 1.54) is 18.5 Å². The third-order valence-corrected chi connectivity index (χ3v) is 4.50. The van der Waals surface area contributed by atoms with Crippen molar-refractivity contribution in [3.05, 3.63) is 11.9 Å². The molecular formula is C21H31N3O9. The van der Waals surface area contributed by atoms with Crippen LogP contribution in [0.4, 0.5) is 0 Å². The fourth-order valence-electron chi connectivity index (χ4n) is 3.48. The van der Waals surface area contributed by atoms with Crippen molar-refractivity contribution in [3.8, 4) is 0 Å². The van der Waals surface area contributed by atoms with Crippen LogP contribution in [0, 0.1) is 5.41 Å². The van der Waals surface area contributed by atoms with Gasteiger partial charge in [-0.25, -0.2) is 4.68 Å². The van der Waals surface area contributed by atoms with Gasteiger partial charge in [0.15, 0.2) is 24.5 Å². The average molecular weight is 469 g/mol. The highest BCUT2D eigenvalue weighted by molar-refractivity contribution is 5.68. The maximum absolute atomic E-state index is 11.9. The molecular weight excluding hydrogens is 438 g/mol. The van der Waals surface area contributed by atoms with Crippen LogP contribution >= 0.6 is 0 Å². The second-order valence-electron chi connectivity index (χ2n) is 9.02. The van der Waals surface area contributed by atoms with E-state index in [1.807, 2.05) is 20.8 Å². The van der Waals surface area contributed by atoms with E-state index < -0.39 is 54.5 Å². The van der Waals surface area contributed by atoms with E-state index in [0.717, 1.165) is 13.8 Å². The number of esters is 4. The Morgan fingerprint density at radius 1 is 0.909 bits per heavy atom. The van der Waals surface area contributed by atoms with Crippen molar-refractivity contribution in [2.75, 3.05) is 6.61 Å². The number of nitrogens with zero attached hydrogens (tertiary/aromatic N) is 3. The molecule has 5 unspecified atom stereocenters. The van der Waals surface area contributed by atoms with E-state index in [-0.39, 0.29) is 12.0 Å². The Labute approximate surface area is 191 Å². The summed E-state index contributed by atoms with van der Waals surface area (Å²) < 4.78 is 28.7. The molecule has 0 radical (unpaired) electrons. The van der Waals surface area contributed by atoms with Crippen LogP contribution in [0.15, 0.2) is 6.20 Å². The summed E-state index contributed by atoms with van der Waals surface area (Å²) >= 11 is 0. The van der Waals surface area contributed by atoms with E-state index in [4.69, 9.17) is 23.7 Å². The Bertz CT molecular complexity index is 877. The number of ether oxygens (including phenoxy) is 5. The monoisotopic (exact) mass is 469 g/mol. The predicted molar refractivity (Wildman–Crippen MR) is 110 cm³/mol. The molecule has 5 atom stereocenters. The topological polar surface area (TPSA) is 145 Å². The Balaban J connectivity index is 2.50. The fraction of sp³-hybridized carbons (Fsp3) is 0.714. The molecule has 12 heteroatoms. The summed E-state index contributed by atoms with van der Waals surface area (Å²) in [6.45, 7) is 10.5. The zero-order chi connectivity index (χ0) is 24.9. The maximum atomic E-state index is 11.9. The highest BCUT2D eigenvalue weighted by Gasteiger charge is 2.53. The van der Waals surface area contributed by atoms with Crippen LogP contribution in [-0.4, -0.2) is 69.9 Å². The van der Waals surface area contributed by atoms with Gasteiger partial charge in [0.2, 0.25) is 0 Å². The number of hydrogen-bond acceptors (Lipinski definition) is 11. The summed E-state index contributed by atoms with van der Waals surface area (Å²) in [5, 5.41) is 8.26. The van der Waals surface area contributed by atoms with E-state index in [1.54, 1.807) is 6.20 Å². The van der Waals surface area contributed by atoms with Crippen LogP contribution < -0.4 is 0 Å². The second kappa shape index (κ2) is 10.7. The molecule has 1 aromatic heterocycles. The third-order valence-electron chi connectivity index (χ3n) is 4.50. The lowest BCUT2D eigenvalue weighted by atomic mass is 9.91. The maximum Gasteiger partial charge on any atom is 0.303 e. The molecule has 33 heavy (non-hydrogen) atoms. The van der Waals surface area contributed by atoms with Crippen LogP contribution in [0.25, 0.3) is 0 Å². The standard InChI is InChI=1S/C21H31N3O9/c1-11(25)29-10-16-17(30-12(2)26)18(31-13(3)27)19(32-14(4)28)20(33-16)24-9-15(22-23-24)8-21(5,6)7/h9,16-20H,8,10H2,1-7H3. The number of aromatic nitrogens is 3. The third kappa shape index (κ3) is 7.81. The Morgan fingerprint density at radius 2 is 1.45 bits per heavy atom. The molecule has 184 valence electrons. The molecule has 0 aliphatic carbocycles. The van der Waals surface area contributed by atoms with Crippen molar-refractivity contribution in [2.24, 2.45) is 5.41 Å². The molecule has 12 nitrogen and oxygen atoms in total. The van der Waals surface area contributed by atoms with Crippen molar-refractivity contribution >= 4 is 23.9 Å². The van der Waals surface area contributed by atoms with Gasteiger partial charge >= 0.3 is 23.9 Å². The van der Waals surface area contributed by atoms with Crippen molar-refractivity contribution in [1.82, 2.24) is 15.0 Å². The van der Waals surface area contributed by atoms with Crippen LogP contribution in [0.5, 0.6) is 0 Å². The molecule has 0 spiro atoms. The minimum absolute atomic E-state index is 0.0673. The zero-order valence-electron chi connectivity index (χ0n) is 19.9. The van der Waals surface area contributed by atoms with Gasteiger partial charge in [-0.1, -0.05) is 26.0 Å². The largest absolute Gasteiger partial charge is 0.463 e. The summed E-state index contributed by atoms with van der Waals surface area (Å²) in [6, 6.07) is 0. The Morgan fingerprint density at radius 3 is 1.97 bits per heavy atom. The van der Waals surface area contributed by atoms with E-state index in [0.29, 0.717) is 12.1 Å². The van der Waals surface area contributed by atoms with E-state index in [9.17, 15) is 19.2 Å². The molecule has 1 fully saturated rings. The molecule has 1 aromatic rings. The smallest absolute Gasteiger partial charge is 0.303 e. The molecule has 0 aromatic carbocycles. The first-order valence-electron chi connectivity index (χ1n) is 10.5. The molecule has 0 saturated carbocycles. The Kier molecular flexibility index (Phi) is 8.53. The highest BCUT2D eigenvalue weighted by atomic mass is 16.7. The fourth-order valence-corrected chi connectivity index (χ4v) is 3.48. The normalized spacial score (nSPS) is 25.1. The summed E-state index contributed by atoms with van der Waals surface area (Å²) in [7, 11) is 0. The van der Waals surface area contributed by atoms with E-state index in [2.05, 4.69) is 10.3 Å². The van der Waals surface area contributed by atoms with Gasteiger partial charge in [0.25, 0.3) is 0 Å². The van der Waals surface area contributed by atoms with Crippen LogP contribution in [0.1, 0.15) is 60.4 Å². The number of hydrogen-bond donors (Lipinski definition) is 0. The zero-order valence-corrected chi connectivity index (χ0v) is 19.9. The predicted octanol–water partition coefficient (Wildman–Crippen LogP) is 1.12. The van der Waals surface area contributed by atoms with Crippen LogP contribution in [0.2, 0.25) is 0 Å². The van der Waals surface area contributed by atoms with Gasteiger partial charge in [0.05, 0.1) is 11.9 Å². The molecule has 0 bridgehead atoms. The lowest BCUT2D eigenvalue weighted by Crippen LogP contribution is -2.60. The van der Waals surface area contributed by atoms with Gasteiger partial charge in [-0.05, 0) is 11.8 Å². The first-order valence-corrected chi connectivity index (χ1v) is 10.5. The van der Waals surface area contributed by atoms with Gasteiger partial charge in [-0.2, -0.15) is 0 Å². The van der Waals surface area contributed by atoms with Crippen molar-refractivity contribution in [1.29, 1.82) is 0 Å². The van der Waals surface area contributed by atoms with Gasteiger partial charge in [0, 0.05) is 27.7 Å². The van der Waals surface area contributed by atoms with Gasteiger partial charge in [0.1, 0.15) is 12.7 Å². The molecule has 2 rings (SSSR count). The number of rotatable bonds is 7. The quantitative estimate of drug-likeness (QED) is 0.418. The highest BCUT2D eigenvalue weighted by Crippen LogP contribution is 2.34. The van der Waals surface area contributed by atoms with Crippen molar-refractivity contribution in [3.63, 3.8) is 0 Å². The molecule has 1 saturated heterocycles. The Hall–Kier alpha value is -3.02. The summed E-state index contributed by atoms with van der Waals surface area (Å²) in [4.78, 5) is 47.0. The van der Waals surface area contributed by atoms with Gasteiger partial charge in [-0.15, -0.1) is 5.10 Å². The van der Waals surface area contributed by atoms with Gasteiger partial charge < -0.3 is 23.7 Å². The average Bonchev–Trinajstić information content (AvgIpc) is 3.08. The van der Waals surface area contributed by atoms with Crippen molar-refractivity contribution < 1.29 is 42.9 Å². The first kappa shape index (κ1) is 26.2. The second-order valence-corrected chi connectivity index (χ2v) is 9.02. The van der Waals surface area contributed by atoms with Gasteiger partial charge in [-0.3, -0.25) is 19.2 Å². The van der Waals surface area contributed by atoms with Crippen LogP contribution in [0.3, 0.4) is 0 Å². The molecule has 0 N–H and O–H groups in total. The first-order chi connectivity index (χ1) is 15.3. The molecule has 0 amide bonds. The lowest BCUT2D eigenvalue weighted by molar-refractivity contribution is -0.270. The summed E-state index contributed by atoms with van der Waals surface area (Å²) in [5.41, 5.74) is 0.595. The minimum Gasteiger partial charge on any atom is -0.463 e. The lowest BCUT2D eigenvalue weighted by Gasteiger charge is -2.44.